The monoisotopic (exact) mass is 404 g/mol. The summed E-state index contributed by atoms with van der Waals surface area (Å²) in [5.41, 5.74) is 3.62. The van der Waals surface area contributed by atoms with Crippen LogP contribution in [0.4, 0.5) is 5.82 Å². The van der Waals surface area contributed by atoms with E-state index in [4.69, 9.17) is 15.2 Å². The predicted octanol–water partition coefficient (Wildman–Crippen LogP) is -1.41. The molecule has 0 aliphatic heterocycles. The zero-order valence-electron chi connectivity index (χ0n) is 15.8. The van der Waals surface area contributed by atoms with Crippen molar-refractivity contribution in [3.05, 3.63) is 56.7 Å². The molecule has 11 nitrogen and oxygen atoms in total. The molecule has 1 aromatic heterocycles. The second-order valence-corrected chi connectivity index (χ2v) is 5.93. The lowest BCUT2D eigenvalue weighted by molar-refractivity contribution is -0.143. The first-order chi connectivity index (χ1) is 13.7. The number of ether oxygens (including phenoxy) is 2. The molecule has 11 heteroatoms. The number of nitrogens with two attached hydrogens (primary N) is 1. The Hall–Kier alpha value is -3.89. The summed E-state index contributed by atoms with van der Waals surface area (Å²) < 4.78 is 11.6. The van der Waals surface area contributed by atoms with Crippen molar-refractivity contribution < 1.29 is 23.9 Å². The van der Waals surface area contributed by atoms with Gasteiger partial charge in [-0.25, -0.2) is 4.79 Å². The summed E-state index contributed by atoms with van der Waals surface area (Å²) in [4.78, 5) is 59.4. The maximum Gasteiger partial charge on any atom is 0.332 e. The number of anilines is 1. The highest BCUT2D eigenvalue weighted by molar-refractivity contribution is 6.01. The van der Waals surface area contributed by atoms with Crippen LogP contribution in [0, 0.1) is 0 Å². The third kappa shape index (κ3) is 5.31. The third-order valence-corrected chi connectivity index (χ3v) is 3.90. The zero-order chi connectivity index (χ0) is 21.6. The maximum absolute atomic E-state index is 12.2. The van der Waals surface area contributed by atoms with Crippen molar-refractivity contribution >= 4 is 23.5 Å². The Bertz CT molecular complexity index is 1040. The number of nitrogen functional groups attached to an aromatic ring is 1. The second kappa shape index (κ2) is 9.35. The third-order valence-electron chi connectivity index (χ3n) is 3.90. The molecular weight excluding hydrogens is 384 g/mol. The van der Waals surface area contributed by atoms with Crippen molar-refractivity contribution in [3.8, 4) is 5.75 Å². The van der Waals surface area contributed by atoms with Crippen LogP contribution in [0.3, 0.4) is 0 Å². The molecule has 3 N–H and O–H groups in total. The highest BCUT2D eigenvalue weighted by Gasteiger charge is 2.21. The van der Waals surface area contributed by atoms with Crippen molar-refractivity contribution in [2.24, 2.45) is 14.1 Å². The van der Waals surface area contributed by atoms with Gasteiger partial charge in [-0.1, -0.05) is 18.2 Å². The van der Waals surface area contributed by atoms with Crippen LogP contribution in [-0.4, -0.2) is 46.6 Å². The summed E-state index contributed by atoms with van der Waals surface area (Å²) in [5, 5.41) is 2.28. The number of rotatable bonds is 8. The Kier molecular flexibility index (Phi) is 6.90. The largest absolute Gasteiger partial charge is 0.484 e. The van der Waals surface area contributed by atoms with Gasteiger partial charge in [0.2, 0.25) is 5.78 Å². The van der Waals surface area contributed by atoms with E-state index < -0.39 is 47.6 Å². The van der Waals surface area contributed by atoms with Gasteiger partial charge >= 0.3 is 11.7 Å². The molecule has 29 heavy (non-hydrogen) atoms. The second-order valence-electron chi connectivity index (χ2n) is 5.93. The number of Topliss-reactive ketones (excluding diaryl/α,β-unsaturated/α-hetero) is 1. The molecule has 0 fully saturated rings. The number of para-hydroxylation sites is 1. The average molecular weight is 404 g/mol. The first kappa shape index (κ1) is 21.4. The molecule has 0 spiro atoms. The molecule has 154 valence electrons. The first-order valence-electron chi connectivity index (χ1n) is 8.41. The smallest absolute Gasteiger partial charge is 0.332 e. The zero-order valence-corrected chi connectivity index (χ0v) is 15.8. The fraction of sp³-hybridized carbons (Fsp3) is 0.278. The minimum atomic E-state index is -0.897. The molecule has 1 aromatic carbocycles. The minimum Gasteiger partial charge on any atom is -0.484 e. The van der Waals surface area contributed by atoms with E-state index in [1.165, 1.54) is 14.1 Å². The topological polar surface area (TPSA) is 152 Å². The van der Waals surface area contributed by atoms with E-state index in [1.807, 2.05) is 0 Å². The van der Waals surface area contributed by atoms with E-state index in [9.17, 15) is 24.0 Å². The van der Waals surface area contributed by atoms with Crippen LogP contribution in [0.15, 0.2) is 39.9 Å². The van der Waals surface area contributed by atoms with Crippen LogP contribution in [0.5, 0.6) is 5.75 Å². The minimum absolute atomic E-state index is 0.305. The van der Waals surface area contributed by atoms with E-state index in [1.54, 1.807) is 30.3 Å². The van der Waals surface area contributed by atoms with Crippen molar-refractivity contribution in [1.29, 1.82) is 0 Å². The van der Waals surface area contributed by atoms with Gasteiger partial charge in [0.05, 0.1) is 0 Å². The molecule has 2 rings (SSSR count). The first-order valence-corrected chi connectivity index (χ1v) is 8.41. The molecule has 0 bridgehead atoms. The molecule has 0 saturated carbocycles. The van der Waals surface area contributed by atoms with Crippen LogP contribution in [0.1, 0.15) is 10.4 Å². The Balaban J connectivity index is 1.85. The maximum atomic E-state index is 12.2. The molecule has 0 aliphatic carbocycles. The van der Waals surface area contributed by atoms with Crippen molar-refractivity contribution in [1.82, 2.24) is 14.5 Å². The van der Waals surface area contributed by atoms with Crippen molar-refractivity contribution in [2.45, 2.75) is 0 Å². The molecule has 2 aromatic rings. The average Bonchev–Trinajstić information content (AvgIpc) is 2.72. The van der Waals surface area contributed by atoms with Gasteiger partial charge in [-0.2, -0.15) is 0 Å². The molecule has 0 atom stereocenters. The van der Waals surface area contributed by atoms with Gasteiger partial charge in [0.15, 0.2) is 13.2 Å². The lowest BCUT2D eigenvalue weighted by atomic mass is 10.2. The number of carbonyl (C=O) groups excluding carboxylic acids is 3. The normalized spacial score (nSPS) is 10.3. The number of hydrogen-bond donors (Lipinski definition) is 2. The van der Waals surface area contributed by atoms with Gasteiger partial charge in [0.1, 0.15) is 23.7 Å². The van der Waals surface area contributed by atoms with E-state index in [-0.39, 0.29) is 12.4 Å². The van der Waals surface area contributed by atoms with E-state index in [0.717, 1.165) is 9.13 Å². The Morgan fingerprint density at radius 3 is 2.34 bits per heavy atom. The summed E-state index contributed by atoms with van der Waals surface area (Å²) in [6.45, 7) is -1.57. The number of hydrogen-bond acceptors (Lipinski definition) is 8. The fourth-order valence-corrected chi connectivity index (χ4v) is 2.28. The van der Waals surface area contributed by atoms with Gasteiger partial charge < -0.3 is 20.5 Å². The van der Waals surface area contributed by atoms with Gasteiger partial charge in [0, 0.05) is 14.1 Å². The van der Waals surface area contributed by atoms with E-state index >= 15 is 0 Å². The van der Waals surface area contributed by atoms with Crippen LogP contribution < -0.4 is 27.0 Å². The van der Waals surface area contributed by atoms with Gasteiger partial charge in [-0.15, -0.1) is 0 Å². The molecule has 0 unspecified atom stereocenters. The van der Waals surface area contributed by atoms with E-state index in [0.29, 0.717) is 5.75 Å². The van der Waals surface area contributed by atoms with Crippen LogP contribution in [0.2, 0.25) is 0 Å². The van der Waals surface area contributed by atoms with Gasteiger partial charge in [0.25, 0.3) is 11.5 Å². The van der Waals surface area contributed by atoms with Gasteiger partial charge in [-0.3, -0.25) is 28.3 Å². The summed E-state index contributed by atoms with van der Waals surface area (Å²) in [6.07, 6.45) is 0. The summed E-state index contributed by atoms with van der Waals surface area (Å²) >= 11 is 0. The van der Waals surface area contributed by atoms with Crippen LogP contribution in [0.25, 0.3) is 0 Å². The summed E-state index contributed by atoms with van der Waals surface area (Å²) in [7, 11) is 2.49. The Morgan fingerprint density at radius 2 is 1.69 bits per heavy atom. The number of benzene rings is 1. The highest BCUT2D eigenvalue weighted by atomic mass is 16.5. The number of esters is 1. The van der Waals surface area contributed by atoms with Crippen molar-refractivity contribution in [3.63, 3.8) is 0 Å². The summed E-state index contributed by atoms with van der Waals surface area (Å²) in [5.74, 6) is -2.16. The standard InChI is InChI=1S/C18H20N4O7/c1-21-16(19)15(17(26)22(2)18(21)27)12(23)9-29-14(25)8-20-13(24)10-28-11-6-4-3-5-7-11/h3-7H,8-10,19H2,1-2H3,(H,20,24). The van der Waals surface area contributed by atoms with Gasteiger partial charge in [-0.05, 0) is 12.1 Å². The van der Waals surface area contributed by atoms with E-state index in [2.05, 4.69) is 5.32 Å². The summed E-state index contributed by atoms with van der Waals surface area (Å²) in [6, 6.07) is 8.62. The number of nitrogens with zero attached hydrogens (tertiary/aromatic N) is 2. The number of nitrogens with one attached hydrogen (secondary N) is 1. The molecule has 0 saturated heterocycles. The lowest BCUT2D eigenvalue weighted by Gasteiger charge is -2.11. The molecule has 1 amide bonds. The SMILES string of the molecule is Cn1c(N)c(C(=O)COC(=O)CNC(=O)COc2ccccc2)c(=O)n(C)c1=O. The van der Waals surface area contributed by atoms with Crippen molar-refractivity contribution in [2.75, 3.05) is 25.5 Å². The molecule has 1 heterocycles. The predicted molar refractivity (Wildman–Crippen MR) is 102 cm³/mol. The number of amides is 1. The lowest BCUT2D eigenvalue weighted by Crippen LogP contribution is -2.42. The quantitative estimate of drug-likeness (QED) is 0.402. The molecule has 0 radical (unpaired) electrons. The molecule has 0 aliphatic rings. The van der Waals surface area contributed by atoms with Crippen LogP contribution in [-0.2, 0) is 28.4 Å². The fourth-order valence-electron chi connectivity index (χ4n) is 2.28. The number of carbonyl (C=O) groups is 3. The number of ketones is 1. The number of aromatic nitrogens is 2. The highest BCUT2D eigenvalue weighted by Crippen LogP contribution is 2.07. The Morgan fingerprint density at radius 1 is 1.03 bits per heavy atom. The molecular formula is C18H20N4O7. The van der Waals surface area contributed by atoms with Crippen LogP contribution >= 0.6 is 0 Å². The Labute approximate surface area is 164 Å².